The van der Waals surface area contributed by atoms with Crippen molar-refractivity contribution in [1.29, 1.82) is 0 Å². The Morgan fingerprint density at radius 1 is 1.42 bits per heavy atom. The van der Waals surface area contributed by atoms with E-state index in [1.54, 1.807) is 6.07 Å². The van der Waals surface area contributed by atoms with Crippen LogP contribution in [0.4, 0.5) is 13.2 Å². The van der Waals surface area contributed by atoms with E-state index in [2.05, 4.69) is 27.2 Å². The van der Waals surface area contributed by atoms with Gasteiger partial charge in [0.2, 0.25) is 0 Å². The number of alkyl halides is 3. The number of hydrogen-bond acceptors (Lipinski definition) is 1. The number of halogens is 4. The summed E-state index contributed by atoms with van der Waals surface area (Å²) in [6.45, 7) is 2.58. The van der Waals surface area contributed by atoms with Gasteiger partial charge in [0.05, 0.1) is 5.56 Å². The van der Waals surface area contributed by atoms with Crippen molar-refractivity contribution in [3.8, 4) is 12.3 Å². The van der Waals surface area contributed by atoms with E-state index in [-0.39, 0.29) is 12.0 Å². The van der Waals surface area contributed by atoms with Crippen LogP contribution in [0.15, 0.2) is 22.7 Å². The normalized spacial score (nSPS) is 13.1. The maximum absolute atomic E-state index is 13.1. The monoisotopic (exact) mass is 333 g/mol. The van der Waals surface area contributed by atoms with E-state index in [1.165, 1.54) is 6.07 Å². The first-order chi connectivity index (χ1) is 8.90. The Labute approximate surface area is 119 Å². The largest absolute Gasteiger partial charge is 0.416 e. The van der Waals surface area contributed by atoms with E-state index < -0.39 is 17.8 Å². The number of nitrogens with one attached hydrogen (secondary N) is 1. The highest BCUT2D eigenvalue weighted by Gasteiger charge is 2.35. The van der Waals surface area contributed by atoms with Crippen LogP contribution >= 0.6 is 15.9 Å². The van der Waals surface area contributed by atoms with Crippen molar-refractivity contribution >= 4 is 15.9 Å². The third kappa shape index (κ3) is 4.55. The van der Waals surface area contributed by atoms with Crippen molar-refractivity contribution in [2.45, 2.75) is 32.0 Å². The molecule has 0 aliphatic carbocycles. The molecule has 104 valence electrons. The molecule has 1 N–H and O–H groups in total. The predicted octanol–water partition coefficient (Wildman–Crippen LogP) is 4.53. The van der Waals surface area contributed by atoms with Crippen LogP contribution in [0.3, 0.4) is 0 Å². The predicted molar refractivity (Wildman–Crippen MR) is 73.6 cm³/mol. The third-order valence-corrected chi connectivity index (χ3v) is 3.15. The van der Waals surface area contributed by atoms with Crippen LogP contribution < -0.4 is 5.32 Å². The van der Waals surface area contributed by atoms with Crippen LogP contribution in [0.1, 0.15) is 36.9 Å². The van der Waals surface area contributed by atoms with Gasteiger partial charge in [-0.25, -0.2) is 0 Å². The van der Waals surface area contributed by atoms with E-state index in [0.717, 1.165) is 12.5 Å². The summed E-state index contributed by atoms with van der Waals surface area (Å²) in [5, 5.41) is 3.06. The Kier molecular flexibility index (Phi) is 5.89. The number of benzene rings is 1. The number of rotatable bonds is 5. The highest BCUT2D eigenvalue weighted by molar-refractivity contribution is 9.10. The molecule has 1 aromatic rings. The van der Waals surface area contributed by atoms with E-state index in [1.807, 2.05) is 6.92 Å². The van der Waals surface area contributed by atoms with Crippen molar-refractivity contribution < 1.29 is 13.2 Å². The van der Waals surface area contributed by atoms with Gasteiger partial charge in [0.25, 0.3) is 0 Å². The maximum atomic E-state index is 13.1. The van der Waals surface area contributed by atoms with Crippen LogP contribution in [-0.2, 0) is 6.18 Å². The Morgan fingerprint density at radius 3 is 2.63 bits per heavy atom. The van der Waals surface area contributed by atoms with Crippen molar-refractivity contribution in [1.82, 2.24) is 5.32 Å². The molecular formula is C14H15BrF3N. The van der Waals surface area contributed by atoms with Crippen molar-refractivity contribution in [3.05, 3.63) is 33.8 Å². The summed E-state index contributed by atoms with van der Waals surface area (Å²) >= 11 is 3.07. The van der Waals surface area contributed by atoms with E-state index >= 15 is 0 Å². The first-order valence-electron chi connectivity index (χ1n) is 5.93. The quantitative estimate of drug-likeness (QED) is 0.780. The lowest BCUT2D eigenvalue weighted by Crippen LogP contribution is -2.24. The summed E-state index contributed by atoms with van der Waals surface area (Å²) in [6.07, 6.45) is 1.92. The van der Waals surface area contributed by atoms with Gasteiger partial charge in [-0.2, -0.15) is 13.2 Å². The SMILES string of the molecule is C#CCC(NCCC)c1ccc(Br)cc1C(F)(F)F. The Morgan fingerprint density at radius 2 is 2.11 bits per heavy atom. The lowest BCUT2D eigenvalue weighted by atomic mass is 9.97. The molecule has 0 amide bonds. The Hall–Kier alpha value is -0.990. The van der Waals surface area contributed by atoms with E-state index in [4.69, 9.17) is 6.42 Å². The van der Waals surface area contributed by atoms with Gasteiger partial charge in [0.15, 0.2) is 0 Å². The highest BCUT2D eigenvalue weighted by atomic mass is 79.9. The zero-order valence-electron chi connectivity index (χ0n) is 10.5. The van der Waals surface area contributed by atoms with E-state index in [0.29, 0.717) is 11.0 Å². The standard InChI is InChI=1S/C14H15BrF3N/c1-3-5-13(19-8-4-2)11-7-6-10(15)9-12(11)14(16,17)18/h1,6-7,9,13,19H,4-5,8H2,2H3. The minimum Gasteiger partial charge on any atom is -0.309 e. The minimum absolute atomic E-state index is 0.196. The van der Waals surface area contributed by atoms with E-state index in [9.17, 15) is 13.2 Å². The van der Waals surface area contributed by atoms with Crippen LogP contribution in [0.25, 0.3) is 0 Å². The van der Waals surface area contributed by atoms with Gasteiger partial charge < -0.3 is 5.32 Å². The zero-order valence-corrected chi connectivity index (χ0v) is 12.1. The van der Waals surface area contributed by atoms with Crippen molar-refractivity contribution in [3.63, 3.8) is 0 Å². The molecule has 0 bridgehead atoms. The maximum Gasteiger partial charge on any atom is 0.416 e. The fourth-order valence-electron chi connectivity index (χ4n) is 1.81. The smallest absolute Gasteiger partial charge is 0.309 e. The molecule has 0 fully saturated rings. The second-order valence-corrected chi connectivity index (χ2v) is 5.06. The lowest BCUT2D eigenvalue weighted by molar-refractivity contribution is -0.138. The fourth-order valence-corrected chi connectivity index (χ4v) is 2.17. The van der Waals surface area contributed by atoms with Crippen molar-refractivity contribution in [2.24, 2.45) is 0 Å². The Bertz CT molecular complexity index is 463. The molecule has 5 heteroatoms. The van der Waals surface area contributed by atoms with Crippen molar-refractivity contribution in [2.75, 3.05) is 6.54 Å². The molecule has 1 atom stereocenters. The molecule has 0 saturated heterocycles. The molecule has 1 unspecified atom stereocenters. The molecule has 0 aliphatic heterocycles. The van der Waals surface area contributed by atoms with Gasteiger partial charge >= 0.3 is 6.18 Å². The summed E-state index contributed by atoms with van der Waals surface area (Å²) in [6, 6.07) is 3.68. The topological polar surface area (TPSA) is 12.0 Å². The molecule has 19 heavy (non-hydrogen) atoms. The zero-order chi connectivity index (χ0) is 14.5. The molecular weight excluding hydrogens is 319 g/mol. The molecule has 1 rings (SSSR count). The molecule has 0 aliphatic rings. The Balaban J connectivity index is 3.18. The van der Waals surface area contributed by atoms with Gasteiger partial charge in [-0.05, 0) is 30.7 Å². The van der Waals surface area contributed by atoms with Crippen LogP contribution in [0.5, 0.6) is 0 Å². The summed E-state index contributed by atoms with van der Waals surface area (Å²) in [7, 11) is 0. The molecule has 0 spiro atoms. The molecule has 0 heterocycles. The summed E-state index contributed by atoms with van der Waals surface area (Å²) in [5.74, 6) is 2.43. The molecule has 1 nitrogen and oxygen atoms in total. The summed E-state index contributed by atoms with van der Waals surface area (Å²) < 4.78 is 39.6. The average Bonchev–Trinajstić information content (AvgIpc) is 2.33. The molecule has 0 radical (unpaired) electrons. The minimum atomic E-state index is -4.39. The fraction of sp³-hybridized carbons (Fsp3) is 0.429. The first-order valence-corrected chi connectivity index (χ1v) is 6.73. The summed E-state index contributed by atoms with van der Waals surface area (Å²) in [4.78, 5) is 0. The van der Waals surface area contributed by atoms with Crippen LogP contribution in [0, 0.1) is 12.3 Å². The number of hydrogen-bond donors (Lipinski definition) is 1. The highest BCUT2D eigenvalue weighted by Crippen LogP contribution is 2.37. The van der Waals surface area contributed by atoms with Gasteiger partial charge in [0.1, 0.15) is 0 Å². The molecule has 0 saturated carbocycles. The van der Waals surface area contributed by atoms with Crippen LogP contribution in [-0.4, -0.2) is 6.54 Å². The average molecular weight is 334 g/mol. The van der Waals surface area contributed by atoms with Gasteiger partial charge in [-0.15, -0.1) is 12.3 Å². The van der Waals surface area contributed by atoms with Gasteiger partial charge in [-0.1, -0.05) is 28.9 Å². The lowest BCUT2D eigenvalue weighted by Gasteiger charge is -2.21. The molecule has 1 aromatic carbocycles. The molecule has 0 aromatic heterocycles. The second-order valence-electron chi connectivity index (χ2n) is 4.14. The van der Waals surface area contributed by atoms with Gasteiger partial charge in [-0.3, -0.25) is 0 Å². The second kappa shape index (κ2) is 6.97. The van der Waals surface area contributed by atoms with Crippen LogP contribution in [0.2, 0.25) is 0 Å². The first kappa shape index (κ1) is 16.1. The van der Waals surface area contributed by atoms with Gasteiger partial charge in [0, 0.05) is 16.9 Å². The third-order valence-electron chi connectivity index (χ3n) is 2.66. The number of terminal acetylenes is 1. The summed E-state index contributed by atoms with van der Waals surface area (Å²) in [5.41, 5.74) is -0.451.